The molecule has 3 amide bonds. The maximum absolute atomic E-state index is 14.1. The van der Waals surface area contributed by atoms with Crippen LogP contribution >= 0.6 is 23.4 Å². The Hall–Kier alpha value is -2.81. The zero-order chi connectivity index (χ0) is 27.1. The van der Waals surface area contributed by atoms with Crippen molar-refractivity contribution in [1.82, 2.24) is 10.2 Å². The Morgan fingerprint density at radius 2 is 1.87 bits per heavy atom. The Bertz CT molecular complexity index is 1310. The minimum absolute atomic E-state index is 0.0829. The molecule has 1 aliphatic carbocycles. The van der Waals surface area contributed by atoms with Crippen LogP contribution in [-0.4, -0.2) is 52.7 Å². The third-order valence-corrected chi connectivity index (χ3v) is 9.46. The Labute approximate surface area is 237 Å². The molecule has 5 atom stereocenters. The number of halogens is 1. The Morgan fingerprint density at radius 3 is 2.62 bits per heavy atom. The topological polar surface area (TPSA) is 87.7 Å². The molecule has 1 saturated carbocycles. The second-order valence-corrected chi connectivity index (χ2v) is 12.2. The fourth-order valence-corrected chi connectivity index (χ4v) is 7.26. The molecule has 2 aromatic rings. The summed E-state index contributed by atoms with van der Waals surface area (Å²) >= 11 is 7.68. The van der Waals surface area contributed by atoms with Crippen LogP contribution in [0.3, 0.4) is 0 Å². The van der Waals surface area contributed by atoms with E-state index >= 15 is 0 Å². The Morgan fingerprint density at radius 1 is 1.10 bits per heavy atom. The molecule has 0 radical (unpaired) electrons. The first-order valence-electron chi connectivity index (χ1n) is 13.6. The number of ether oxygens (including phenoxy) is 1. The number of anilines is 1. The summed E-state index contributed by atoms with van der Waals surface area (Å²) in [6.45, 7) is 0.225. The first-order chi connectivity index (χ1) is 18.9. The van der Waals surface area contributed by atoms with E-state index in [4.69, 9.17) is 16.3 Å². The smallest absolute Gasteiger partial charge is 0.246 e. The quantitative estimate of drug-likeness (QED) is 0.372. The maximum Gasteiger partial charge on any atom is 0.246 e. The van der Waals surface area contributed by atoms with Crippen molar-refractivity contribution < 1.29 is 19.1 Å². The predicted octanol–water partition coefficient (Wildman–Crippen LogP) is 4.80. The highest BCUT2D eigenvalue weighted by Gasteiger charge is 2.72. The number of fused-ring (bicyclic) bond motifs is 1. The lowest BCUT2D eigenvalue weighted by Gasteiger charge is -2.34. The maximum atomic E-state index is 14.1. The molecule has 4 aliphatic rings. The minimum atomic E-state index is -1.18. The second-order valence-electron chi connectivity index (χ2n) is 10.9. The molecular formula is C30H32ClN3O4S. The van der Waals surface area contributed by atoms with E-state index in [9.17, 15) is 14.4 Å². The van der Waals surface area contributed by atoms with Crippen LogP contribution < -0.4 is 10.6 Å². The summed E-state index contributed by atoms with van der Waals surface area (Å²) in [5.41, 5.74) is 0.339. The van der Waals surface area contributed by atoms with Gasteiger partial charge in [0, 0.05) is 28.2 Å². The van der Waals surface area contributed by atoms with Crippen LogP contribution in [0.4, 0.5) is 5.69 Å². The van der Waals surface area contributed by atoms with Gasteiger partial charge in [-0.2, -0.15) is 0 Å². The van der Waals surface area contributed by atoms with Gasteiger partial charge in [0.15, 0.2) is 0 Å². The summed E-state index contributed by atoms with van der Waals surface area (Å²) in [5.74, 6) is -2.25. The first kappa shape index (κ1) is 26.4. The molecule has 2 saturated heterocycles. The van der Waals surface area contributed by atoms with Crippen molar-refractivity contribution >= 4 is 46.8 Å². The molecule has 7 nitrogen and oxygen atoms in total. The van der Waals surface area contributed by atoms with Crippen LogP contribution in [-0.2, 0) is 25.7 Å². The fraction of sp³-hybridized carbons (Fsp3) is 0.433. The molecule has 2 bridgehead atoms. The summed E-state index contributed by atoms with van der Waals surface area (Å²) < 4.78 is 6.46. The number of thioether (sulfide) groups is 1. The van der Waals surface area contributed by atoms with Gasteiger partial charge in [0.2, 0.25) is 17.7 Å². The molecule has 3 aliphatic heterocycles. The number of rotatable bonds is 7. The molecule has 3 heterocycles. The van der Waals surface area contributed by atoms with Gasteiger partial charge in [0.1, 0.15) is 11.6 Å². The minimum Gasteiger partial charge on any atom is -0.359 e. The average molecular weight is 566 g/mol. The molecule has 2 N–H and O–H groups in total. The Balaban J connectivity index is 1.32. The number of likely N-dealkylation sites (tertiary alicyclic amines) is 1. The van der Waals surface area contributed by atoms with E-state index < -0.39 is 29.6 Å². The van der Waals surface area contributed by atoms with E-state index in [1.807, 2.05) is 54.8 Å². The molecule has 5 unspecified atom stereocenters. The summed E-state index contributed by atoms with van der Waals surface area (Å²) in [6, 6.07) is 14.1. The lowest BCUT2D eigenvalue weighted by atomic mass is 9.74. The molecule has 9 heteroatoms. The number of benzene rings is 2. The van der Waals surface area contributed by atoms with E-state index in [1.54, 1.807) is 28.8 Å². The van der Waals surface area contributed by atoms with E-state index in [1.165, 1.54) is 6.42 Å². The van der Waals surface area contributed by atoms with Crippen molar-refractivity contribution in [2.24, 2.45) is 11.8 Å². The fourth-order valence-electron chi connectivity index (χ4n) is 6.68. The molecule has 1 spiro atoms. The molecule has 204 valence electrons. The van der Waals surface area contributed by atoms with Gasteiger partial charge in [-0.05, 0) is 55.0 Å². The van der Waals surface area contributed by atoms with Crippen molar-refractivity contribution in [3.8, 4) is 0 Å². The third-order valence-electron chi connectivity index (χ3n) is 8.48. The van der Waals surface area contributed by atoms with Crippen molar-refractivity contribution in [1.29, 1.82) is 0 Å². The third kappa shape index (κ3) is 4.77. The molecule has 0 aromatic heterocycles. The van der Waals surface area contributed by atoms with E-state index in [0.29, 0.717) is 10.7 Å². The van der Waals surface area contributed by atoms with Crippen LogP contribution in [0.5, 0.6) is 0 Å². The molecule has 3 fully saturated rings. The first-order valence-corrected chi connectivity index (χ1v) is 15.2. The van der Waals surface area contributed by atoms with Crippen LogP contribution in [0.1, 0.15) is 37.7 Å². The van der Waals surface area contributed by atoms with Crippen LogP contribution in [0.25, 0.3) is 0 Å². The molecule has 2 aromatic carbocycles. The zero-order valence-electron chi connectivity index (χ0n) is 21.8. The number of hydrogen-bond donors (Lipinski definition) is 2. The van der Waals surface area contributed by atoms with Gasteiger partial charge in [0.05, 0.1) is 17.9 Å². The van der Waals surface area contributed by atoms with Gasteiger partial charge in [-0.1, -0.05) is 61.2 Å². The zero-order valence-corrected chi connectivity index (χ0v) is 23.3. The van der Waals surface area contributed by atoms with E-state index in [-0.39, 0.29) is 30.3 Å². The second kappa shape index (κ2) is 10.6. The summed E-state index contributed by atoms with van der Waals surface area (Å²) in [5, 5.41) is 6.82. The van der Waals surface area contributed by atoms with Gasteiger partial charge < -0.3 is 20.3 Å². The van der Waals surface area contributed by atoms with Gasteiger partial charge >= 0.3 is 0 Å². The molecule has 6 rings (SSSR count). The summed E-state index contributed by atoms with van der Waals surface area (Å²) in [4.78, 5) is 44.4. The van der Waals surface area contributed by atoms with Crippen molar-refractivity contribution in [2.75, 3.05) is 11.6 Å². The monoisotopic (exact) mass is 565 g/mol. The molecule has 39 heavy (non-hydrogen) atoms. The van der Waals surface area contributed by atoms with Crippen LogP contribution in [0.15, 0.2) is 65.6 Å². The lowest BCUT2D eigenvalue weighted by molar-refractivity contribution is -0.142. The van der Waals surface area contributed by atoms with Gasteiger partial charge in [-0.15, -0.1) is 11.8 Å². The molecular weight excluding hydrogens is 534 g/mol. The number of amides is 3. The van der Waals surface area contributed by atoms with Crippen LogP contribution in [0.2, 0.25) is 5.02 Å². The van der Waals surface area contributed by atoms with Crippen molar-refractivity contribution in [3.05, 3.63) is 71.3 Å². The van der Waals surface area contributed by atoms with Crippen LogP contribution in [0, 0.1) is 11.8 Å². The average Bonchev–Trinajstić information content (AvgIpc) is 3.58. The summed E-state index contributed by atoms with van der Waals surface area (Å²) in [7, 11) is 0. The SMILES string of the molecule is CSc1cccc(NC(=O)C2C3C=CC4(O3)C2C(=O)N(Cc2ccc(Cl)cc2)C4C(=O)NC2CCCCC2)c1. The standard InChI is InChI=1S/C30H32ClN3O4S/c1-39-22-9-5-8-21(16-22)33-27(35)24-23-14-15-30(38-23)25(24)29(37)34(17-18-10-12-19(31)13-11-18)26(30)28(36)32-20-6-3-2-4-7-20/h5,8-16,20,23-26H,2-4,6-7,17H2,1H3,(H,32,36)(H,33,35). The largest absolute Gasteiger partial charge is 0.359 e. The number of hydrogen-bond acceptors (Lipinski definition) is 5. The highest BCUT2D eigenvalue weighted by Crippen LogP contribution is 2.55. The summed E-state index contributed by atoms with van der Waals surface area (Å²) in [6.07, 6.45) is 10.3. The Kier molecular flexibility index (Phi) is 7.20. The number of carbonyl (C=O) groups excluding carboxylic acids is 3. The van der Waals surface area contributed by atoms with Crippen molar-refractivity contribution in [3.63, 3.8) is 0 Å². The highest BCUT2D eigenvalue weighted by molar-refractivity contribution is 7.98. The normalized spacial score (nSPS) is 29.5. The van der Waals surface area contributed by atoms with Crippen molar-refractivity contribution in [2.45, 2.75) is 67.3 Å². The number of nitrogens with one attached hydrogen (secondary N) is 2. The highest BCUT2D eigenvalue weighted by atomic mass is 35.5. The van der Waals surface area contributed by atoms with E-state index in [2.05, 4.69) is 10.6 Å². The number of carbonyl (C=O) groups is 3. The van der Waals surface area contributed by atoms with Gasteiger partial charge in [-0.25, -0.2) is 0 Å². The van der Waals surface area contributed by atoms with Gasteiger partial charge in [0.25, 0.3) is 0 Å². The predicted molar refractivity (Wildman–Crippen MR) is 151 cm³/mol. The van der Waals surface area contributed by atoms with Gasteiger partial charge in [-0.3, -0.25) is 14.4 Å². The number of nitrogens with zero attached hydrogens (tertiary/aromatic N) is 1. The lowest BCUT2D eigenvalue weighted by Crippen LogP contribution is -2.56. The van der Waals surface area contributed by atoms with E-state index in [0.717, 1.165) is 36.1 Å².